The smallest absolute Gasteiger partial charge is 0.0314 e. The molecule has 1 heteroatoms. The number of benzene rings is 1. The lowest BCUT2D eigenvalue weighted by Gasteiger charge is -2.12. The van der Waals surface area contributed by atoms with E-state index in [0.717, 1.165) is 24.9 Å². The van der Waals surface area contributed by atoms with Crippen molar-refractivity contribution < 1.29 is 0 Å². The summed E-state index contributed by atoms with van der Waals surface area (Å²) in [6.07, 6.45) is 3.38. The summed E-state index contributed by atoms with van der Waals surface area (Å²) in [6.45, 7) is 6.68. The van der Waals surface area contributed by atoms with E-state index >= 15 is 0 Å². The average molecular weight is 203 g/mol. The summed E-state index contributed by atoms with van der Waals surface area (Å²) in [5.74, 6) is 0. The molecule has 1 aromatic carbocycles. The molecule has 0 bridgehead atoms. The molecule has 1 aromatic rings. The Kier molecular flexibility index (Phi) is 4.41. The molecule has 0 amide bonds. The van der Waals surface area contributed by atoms with Gasteiger partial charge in [0.2, 0.25) is 0 Å². The molecule has 0 saturated carbocycles. The largest absolute Gasteiger partial charge is 0.399 e. The third-order valence-corrected chi connectivity index (χ3v) is 2.89. The van der Waals surface area contributed by atoms with Gasteiger partial charge in [-0.2, -0.15) is 0 Å². The maximum absolute atomic E-state index is 5.69. The van der Waals surface area contributed by atoms with Gasteiger partial charge in [0, 0.05) is 5.69 Å². The number of nitrogen functional groups attached to an aromatic ring is 1. The van der Waals surface area contributed by atoms with E-state index in [4.69, 9.17) is 5.73 Å². The summed E-state index contributed by atoms with van der Waals surface area (Å²) in [6, 6.07) is 8.21. The first-order chi connectivity index (χ1) is 7.22. The summed E-state index contributed by atoms with van der Waals surface area (Å²) in [4.78, 5) is 0. The minimum Gasteiger partial charge on any atom is -0.399 e. The second kappa shape index (κ2) is 5.59. The van der Waals surface area contributed by atoms with Gasteiger partial charge in [-0.15, -0.1) is 0 Å². The van der Waals surface area contributed by atoms with Crippen LogP contribution in [-0.2, 0) is 0 Å². The van der Waals surface area contributed by atoms with Gasteiger partial charge in [0.15, 0.2) is 0 Å². The molecule has 0 aliphatic rings. The minimum atomic E-state index is 0.837. The third kappa shape index (κ3) is 2.85. The monoisotopic (exact) mass is 203 g/mol. The van der Waals surface area contributed by atoms with Crippen molar-refractivity contribution in [3.63, 3.8) is 0 Å². The molecule has 2 N–H and O–H groups in total. The fourth-order valence-electron chi connectivity index (χ4n) is 2.02. The first-order valence-corrected chi connectivity index (χ1v) is 5.79. The Balaban J connectivity index is 3.11. The predicted octanol–water partition coefficient (Wildman–Crippen LogP) is 4.25. The van der Waals surface area contributed by atoms with Crippen molar-refractivity contribution in [1.29, 1.82) is 0 Å². The highest BCUT2D eigenvalue weighted by Crippen LogP contribution is 2.26. The van der Waals surface area contributed by atoms with Crippen molar-refractivity contribution in [1.82, 2.24) is 0 Å². The van der Waals surface area contributed by atoms with Crippen LogP contribution < -0.4 is 5.73 Å². The second-order valence-electron chi connectivity index (χ2n) is 3.76. The van der Waals surface area contributed by atoms with Crippen LogP contribution in [0.5, 0.6) is 0 Å². The SMILES string of the molecule is CCC(CC)=C(CC)c1ccc(N)cc1. The van der Waals surface area contributed by atoms with Crippen LogP contribution >= 0.6 is 0 Å². The van der Waals surface area contributed by atoms with Gasteiger partial charge in [0.05, 0.1) is 0 Å². The third-order valence-electron chi connectivity index (χ3n) is 2.89. The van der Waals surface area contributed by atoms with E-state index in [-0.39, 0.29) is 0 Å². The van der Waals surface area contributed by atoms with Gasteiger partial charge >= 0.3 is 0 Å². The van der Waals surface area contributed by atoms with Crippen LogP contribution in [-0.4, -0.2) is 0 Å². The molecule has 0 atom stereocenters. The molecular formula is C14H21N. The fourth-order valence-corrected chi connectivity index (χ4v) is 2.02. The molecule has 15 heavy (non-hydrogen) atoms. The topological polar surface area (TPSA) is 26.0 Å². The van der Waals surface area contributed by atoms with Gasteiger partial charge in [-0.05, 0) is 42.5 Å². The first kappa shape index (κ1) is 11.8. The summed E-state index contributed by atoms with van der Waals surface area (Å²) >= 11 is 0. The lowest BCUT2D eigenvalue weighted by atomic mass is 9.94. The van der Waals surface area contributed by atoms with Crippen molar-refractivity contribution in [3.8, 4) is 0 Å². The highest BCUT2D eigenvalue weighted by molar-refractivity contribution is 5.69. The van der Waals surface area contributed by atoms with E-state index in [2.05, 4.69) is 32.9 Å². The van der Waals surface area contributed by atoms with Crippen LogP contribution in [0.2, 0.25) is 0 Å². The lowest BCUT2D eigenvalue weighted by molar-refractivity contribution is 0.966. The molecule has 82 valence electrons. The Hall–Kier alpha value is -1.24. The maximum atomic E-state index is 5.69. The zero-order chi connectivity index (χ0) is 11.3. The van der Waals surface area contributed by atoms with Crippen LogP contribution in [0.1, 0.15) is 45.6 Å². The Morgan fingerprint density at radius 2 is 1.47 bits per heavy atom. The van der Waals surface area contributed by atoms with E-state index in [9.17, 15) is 0 Å². The Morgan fingerprint density at radius 3 is 1.87 bits per heavy atom. The Labute approximate surface area is 93.0 Å². The van der Waals surface area contributed by atoms with E-state index in [0.29, 0.717) is 0 Å². The summed E-state index contributed by atoms with van der Waals surface area (Å²) < 4.78 is 0. The molecule has 0 fully saturated rings. The summed E-state index contributed by atoms with van der Waals surface area (Å²) in [5, 5.41) is 0. The summed E-state index contributed by atoms with van der Waals surface area (Å²) in [5.41, 5.74) is 10.9. The molecule has 0 aliphatic carbocycles. The molecule has 0 aromatic heterocycles. The van der Waals surface area contributed by atoms with Crippen LogP contribution in [0.25, 0.3) is 5.57 Å². The maximum Gasteiger partial charge on any atom is 0.0314 e. The zero-order valence-electron chi connectivity index (χ0n) is 10.0. The zero-order valence-corrected chi connectivity index (χ0v) is 10.0. The van der Waals surface area contributed by atoms with E-state index in [1.165, 1.54) is 11.1 Å². The number of rotatable bonds is 4. The van der Waals surface area contributed by atoms with Crippen LogP contribution in [0.15, 0.2) is 29.8 Å². The normalized spacial score (nSPS) is 10.1. The average Bonchev–Trinajstić information content (AvgIpc) is 2.27. The number of hydrogen-bond acceptors (Lipinski definition) is 1. The van der Waals surface area contributed by atoms with Gasteiger partial charge in [0.1, 0.15) is 0 Å². The van der Waals surface area contributed by atoms with Crippen molar-refractivity contribution >= 4 is 11.3 Å². The standard InChI is InChI=1S/C14H21N/c1-4-11(5-2)14(6-3)12-7-9-13(15)10-8-12/h7-10H,4-6,15H2,1-3H3. The Bertz CT molecular complexity index is 327. The van der Waals surface area contributed by atoms with Gasteiger partial charge in [-0.3, -0.25) is 0 Å². The number of allylic oxidation sites excluding steroid dienone is 2. The van der Waals surface area contributed by atoms with Crippen molar-refractivity contribution in [2.45, 2.75) is 40.0 Å². The quantitative estimate of drug-likeness (QED) is 0.727. The van der Waals surface area contributed by atoms with E-state index < -0.39 is 0 Å². The van der Waals surface area contributed by atoms with Crippen LogP contribution in [0.4, 0.5) is 5.69 Å². The van der Waals surface area contributed by atoms with Crippen LogP contribution in [0.3, 0.4) is 0 Å². The van der Waals surface area contributed by atoms with Crippen molar-refractivity contribution in [2.24, 2.45) is 0 Å². The van der Waals surface area contributed by atoms with Crippen LogP contribution in [0, 0.1) is 0 Å². The van der Waals surface area contributed by atoms with Gasteiger partial charge in [-0.25, -0.2) is 0 Å². The van der Waals surface area contributed by atoms with Gasteiger partial charge in [0.25, 0.3) is 0 Å². The van der Waals surface area contributed by atoms with E-state index in [1.807, 2.05) is 12.1 Å². The van der Waals surface area contributed by atoms with E-state index in [1.54, 1.807) is 5.57 Å². The molecule has 0 aliphatic heterocycles. The first-order valence-electron chi connectivity index (χ1n) is 5.79. The second-order valence-corrected chi connectivity index (χ2v) is 3.76. The molecule has 0 unspecified atom stereocenters. The lowest BCUT2D eigenvalue weighted by Crippen LogP contribution is -1.91. The van der Waals surface area contributed by atoms with Gasteiger partial charge in [-0.1, -0.05) is 38.5 Å². The molecule has 0 saturated heterocycles. The number of hydrogen-bond donors (Lipinski definition) is 1. The number of nitrogens with two attached hydrogens (primary N) is 1. The molecule has 0 spiro atoms. The molecule has 1 rings (SSSR count). The number of anilines is 1. The molecule has 1 nitrogen and oxygen atoms in total. The van der Waals surface area contributed by atoms with Crippen molar-refractivity contribution in [2.75, 3.05) is 5.73 Å². The Morgan fingerprint density at radius 1 is 0.933 bits per heavy atom. The van der Waals surface area contributed by atoms with Crippen molar-refractivity contribution in [3.05, 3.63) is 35.4 Å². The minimum absolute atomic E-state index is 0.837. The highest BCUT2D eigenvalue weighted by Gasteiger charge is 2.04. The van der Waals surface area contributed by atoms with Gasteiger partial charge < -0.3 is 5.73 Å². The molecule has 0 radical (unpaired) electrons. The molecular weight excluding hydrogens is 182 g/mol. The fraction of sp³-hybridized carbons (Fsp3) is 0.429. The highest BCUT2D eigenvalue weighted by atomic mass is 14.5. The predicted molar refractivity (Wildman–Crippen MR) is 68.6 cm³/mol. The summed E-state index contributed by atoms with van der Waals surface area (Å²) in [7, 11) is 0. The molecule has 0 heterocycles.